The minimum atomic E-state index is -3.63. The van der Waals surface area contributed by atoms with E-state index in [-0.39, 0.29) is 4.90 Å². The van der Waals surface area contributed by atoms with Crippen LogP contribution < -0.4 is 9.46 Å². The van der Waals surface area contributed by atoms with Crippen LogP contribution in [0, 0.1) is 13.8 Å². The van der Waals surface area contributed by atoms with Gasteiger partial charge in [0.15, 0.2) is 0 Å². The van der Waals surface area contributed by atoms with Crippen LogP contribution in [0.15, 0.2) is 59.6 Å². The summed E-state index contributed by atoms with van der Waals surface area (Å²) in [5.74, 6) is 0.557. The maximum absolute atomic E-state index is 12.4. The summed E-state index contributed by atoms with van der Waals surface area (Å²) in [7, 11) is -3.63. The monoisotopic (exact) mass is 400 g/mol. The Hall–Kier alpha value is -2.91. The average Bonchev–Trinajstić information content (AvgIpc) is 3.13. The van der Waals surface area contributed by atoms with Gasteiger partial charge in [0.05, 0.1) is 16.8 Å². The Morgan fingerprint density at radius 2 is 1.74 bits per heavy atom. The summed E-state index contributed by atoms with van der Waals surface area (Å²) in [4.78, 5) is 5.30. The van der Waals surface area contributed by atoms with E-state index in [1.165, 1.54) is 11.3 Å². The summed E-state index contributed by atoms with van der Waals surface area (Å²) in [6, 6.07) is 13.3. The van der Waals surface area contributed by atoms with E-state index in [0.717, 1.165) is 16.2 Å². The highest BCUT2D eigenvalue weighted by molar-refractivity contribution is 7.92. The minimum Gasteiger partial charge on any atom is -0.430 e. The molecule has 138 valence electrons. The van der Waals surface area contributed by atoms with E-state index in [1.807, 2.05) is 20.0 Å². The number of benzene rings is 2. The van der Waals surface area contributed by atoms with Gasteiger partial charge in [-0.05, 0) is 61.6 Å². The molecule has 0 spiro atoms. The predicted molar refractivity (Wildman–Crippen MR) is 104 cm³/mol. The molecule has 2 aromatic heterocycles. The fourth-order valence-corrected chi connectivity index (χ4v) is 4.31. The third kappa shape index (κ3) is 3.79. The molecule has 0 aliphatic carbocycles. The maximum Gasteiger partial charge on any atom is 0.299 e. The molecule has 0 bridgehead atoms. The molecular formula is C18H16N4O3S2. The molecule has 1 N–H and O–H groups in total. The quantitative estimate of drug-likeness (QED) is 0.547. The van der Waals surface area contributed by atoms with Crippen LogP contribution in [0.4, 0.5) is 5.69 Å². The van der Waals surface area contributed by atoms with E-state index in [9.17, 15) is 8.42 Å². The zero-order valence-electron chi connectivity index (χ0n) is 14.6. The summed E-state index contributed by atoms with van der Waals surface area (Å²) in [6.45, 7) is 3.81. The van der Waals surface area contributed by atoms with Gasteiger partial charge < -0.3 is 4.74 Å². The molecule has 4 rings (SSSR count). The first-order valence-electron chi connectivity index (χ1n) is 8.09. The second kappa shape index (κ2) is 6.67. The normalized spacial score (nSPS) is 11.6. The number of hydrogen-bond donors (Lipinski definition) is 1. The van der Waals surface area contributed by atoms with Gasteiger partial charge in [-0.25, -0.2) is 17.9 Å². The fourth-order valence-electron chi connectivity index (χ4n) is 2.46. The van der Waals surface area contributed by atoms with Crippen molar-refractivity contribution in [3.8, 4) is 10.9 Å². The zero-order chi connectivity index (χ0) is 19.0. The number of imidazole rings is 1. The highest BCUT2D eigenvalue weighted by atomic mass is 32.2. The second-order valence-corrected chi connectivity index (χ2v) is 8.62. The summed E-state index contributed by atoms with van der Waals surface area (Å²) >= 11 is 1.33. The predicted octanol–water partition coefficient (Wildman–Crippen LogP) is 4.00. The van der Waals surface area contributed by atoms with Crippen molar-refractivity contribution >= 4 is 32.0 Å². The van der Waals surface area contributed by atoms with E-state index in [0.29, 0.717) is 16.6 Å². The molecule has 0 unspecified atom stereocenters. The first kappa shape index (κ1) is 17.5. The van der Waals surface area contributed by atoms with Crippen molar-refractivity contribution in [2.24, 2.45) is 0 Å². The van der Waals surface area contributed by atoms with Crippen LogP contribution in [-0.2, 0) is 10.0 Å². The lowest BCUT2D eigenvalue weighted by molar-refractivity contribution is 0.470. The van der Waals surface area contributed by atoms with Gasteiger partial charge in [-0.3, -0.25) is 4.72 Å². The van der Waals surface area contributed by atoms with Gasteiger partial charge in [0.1, 0.15) is 5.75 Å². The summed E-state index contributed by atoms with van der Waals surface area (Å²) in [5.41, 5.74) is 2.35. The molecule has 0 radical (unpaired) electrons. The SMILES string of the molecule is Cc1ccc(S(=O)(=O)Nc2ccc(Oc3nn4cc(C)nc4s3)cc2)cc1. The molecule has 0 amide bonds. The number of rotatable bonds is 5. The Kier molecular flexibility index (Phi) is 4.33. The van der Waals surface area contributed by atoms with Crippen molar-refractivity contribution < 1.29 is 13.2 Å². The number of anilines is 1. The zero-order valence-corrected chi connectivity index (χ0v) is 16.2. The molecule has 4 aromatic rings. The molecule has 2 aromatic carbocycles. The summed E-state index contributed by atoms with van der Waals surface area (Å²) < 4.78 is 34.8. The molecule has 7 nitrogen and oxygen atoms in total. The Labute approximate surface area is 160 Å². The van der Waals surface area contributed by atoms with E-state index >= 15 is 0 Å². The number of ether oxygens (including phenoxy) is 1. The largest absolute Gasteiger partial charge is 0.430 e. The van der Waals surface area contributed by atoms with Crippen LogP contribution in [-0.4, -0.2) is 23.0 Å². The van der Waals surface area contributed by atoms with Gasteiger partial charge in [0, 0.05) is 5.69 Å². The molecule has 0 saturated carbocycles. The molecule has 2 heterocycles. The summed E-state index contributed by atoms with van der Waals surface area (Å²) in [6.07, 6.45) is 1.82. The lowest BCUT2D eigenvalue weighted by atomic mass is 10.2. The molecular weight excluding hydrogens is 384 g/mol. The Morgan fingerprint density at radius 1 is 1.04 bits per heavy atom. The van der Waals surface area contributed by atoms with Gasteiger partial charge in [-0.15, -0.1) is 5.10 Å². The van der Waals surface area contributed by atoms with Crippen molar-refractivity contribution in [2.45, 2.75) is 18.7 Å². The van der Waals surface area contributed by atoms with Crippen LogP contribution in [0.25, 0.3) is 4.96 Å². The van der Waals surface area contributed by atoms with Crippen LogP contribution in [0.1, 0.15) is 11.3 Å². The lowest BCUT2D eigenvalue weighted by Crippen LogP contribution is -2.12. The van der Waals surface area contributed by atoms with Crippen molar-refractivity contribution in [3.63, 3.8) is 0 Å². The van der Waals surface area contributed by atoms with E-state index in [1.54, 1.807) is 53.0 Å². The first-order chi connectivity index (χ1) is 12.9. The van der Waals surface area contributed by atoms with Gasteiger partial charge in [0.25, 0.3) is 15.2 Å². The molecule has 0 aliphatic heterocycles. The number of aryl methyl sites for hydroxylation is 2. The first-order valence-corrected chi connectivity index (χ1v) is 10.4. The third-order valence-corrected chi connectivity index (χ3v) is 5.99. The van der Waals surface area contributed by atoms with Gasteiger partial charge >= 0.3 is 0 Å². The fraction of sp³-hybridized carbons (Fsp3) is 0.111. The van der Waals surface area contributed by atoms with E-state index in [4.69, 9.17) is 4.74 Å². The van der Waals surface area contributed by atoms with Crippen molar-refractivity contribution in [1.82, 2.24) is 14.6 Å². The number of fused-ring (bicyclic) bond motifs is 1. The smallest absolute Gasteiger partial charge is 0.299 e. The average molecular weight is 400 g/mol. The van der Waals surface area contributed by atoms with Crippen molar-refractivity contribution in [2.75, 3.05) is 4.72 Å². The second-order valence-electron chi connectivity index (χ2n) is 6.02. The van der Waals surface area contributed by atoms with Gasteiger partial charge in [0.2, 0.25) is 4.96 Å². The van der Waals surface area contributed by atoms with Crippen LogP contribution in [0.2, 0.25) is 0 Å². The Balaban J connectivity index is 1.48. The highest BCUT2D eigenvalue weighted by Gasteiger charge is 2.14. The number of sulfonamides is 1. The summed E-state index contributed by atoms with van der Waals surface area (Å²) in [5, 5.41) is 4.76. The number of nitrogens with one attached hydrogen (secondary N) is 1. The van der Waals surface area contributed by atoms with Crippen molar-refractivity contribution in [1.29, 1.82) is 0 Å². The van der Waals surface area contributed by atoms with Gasteiger partial charge in [-0.1, -0.05) is 17.7 Å². The molecule has 0 saturated heterocycles. The minimum absolute atomic E-state index is 0.217. The molecule has 0 atom stereocenters. The maximum atomic E-state index is 12.4. The molecule has 9 heteroatoms. The van der Waals surface area contributed by atoms with E-state index < -0.39 is 10.0 Å². The number of hydrogen-bond acceptors (Lipinski definition) is 6. The van der Waals surface area contributed by atoms with Crippen LogP contribution >= 0.6 is 11.3 Å². The van der Waals surface area contributed by atoms with Crippen LogP contribution in [0.3, 0.4) is 0 Å². The lowest BCUT2D eigenvalue weighted by Gasteiger charge is -2.09. The Morgan fingerprint density at radius 3 is 2.41 bits per heavy atom. The molecule has 27 heavy (non-hydrogen) atoms. The topological polar surface area (TPSA) is 85.6 Å². The molecule has 0 aliphatic rings. The number of nitrogens with zero attached hydrogens (tertiary/aromatic N) is 3. The third-order valence-electron chi connectivity index (χ3n) is 3.79. The standard InChI is InChI=1S/C18H16N4O3S2/c1-12-3-9-16(10-4-12)27(23,24)21-14-5-7-15(8-6-14)25-18-20-22-11-13(2)19-17(22)26-18/h3-11,21H,1-2H3. The number of aromatic nitrogens is 3. The van der Waals surface area contributed by atoms with Crippen molar-refractivity contribution in [3.05, 3.63) is 66.0 Å². The Bertz CT molecular complexity index is 1160. The van der Waals surface area contributed by atoms with Crippen LogP contribution in [0.5, 0.6) is 10.9 Å². The van der Waals surface area contributed by atoms with Gasteiger partial charge in [-0.2, -0.15) is 0 Å². The molecule has 0 fully saturated rings. The highest BCUT2D eigenvalue weighted by Crippen LogP contribution is 2.28. The van der Waals surface area contributed by atoms with E-state index in [2.05, 4.69) is 14.8 Å².